The second-order valence-electron chi connectivity index (χ2n) is 8.87. The summed E-state index contributed by atoms with van der Waals surface area (Å²) in [5.74, 6) is -2.57. The van der Waals surface area contributed by atoms with Crippen LogP contribution in [-0.4, -0.2) is 66.6 Å². The van der Waals surface area contributed by atoms with Gasteiger partial charge in [-0.1, -0.05) is 61.8 Å². The van der Waals surface area contributed by atoms with Gasteiger partial charge < -0.3 is 20.8 Å². The topological polar surface area (TPSA) is 159 Å². The molecule has 0 aliphatic carbocycles. The fourth-order valence-corrected chi connectivity index (χ4v) is 4.24. The van der Waals surface area contributed by atoms with Crippen molar-refractivity contribution in [3.8, 4) is 5.69 Å². The molecule has 0 bridgehead atoms. The summed E-state index contributed by atoms with van der Waals surface area (Å²) in [6, 6.07) is 8.23. The van der Waals surface area contributed by atoms with Gasteiger partial charge in [0.15, 0.2) is 6.04 Å². The first kappa shape index (κ1) is 28.4. The first-order chi connectivity index (χ1) is 17.4. The highest BCUT2D eigenvalue weighted by Crippen LogP contribution is 2.30. The zero-order valence-corrected chi connectivity index (χ0v) is 22.4. The second-order valence-corrected chi connectivity index (χ2v) is 10.6. The van der Waals surface area contributed by atoms with E-state index in [9.17, 15) is 14.4 Å². The number of nitrogens with zero attached hydrogens (tertiary/aromatic N) is 4. The molecule has 0 saturated heterocycles. The third-order valence-corrected chi connectivity index (χ3v) is 6.64. The van der Waals surface area contributed by atoms with Crippen LogP contribution >= 0.6 is 35.0 Å². The number of nitrogens with one attached hydrogen (secondary N) is 2. The fourth-order valence-electron chi connectivity index (χ4n) is 3.07. The lowest BCUT2D eigenvalue weighted by Gasteiger charge is -2.20. The molecule has 14 heteroatoms. The van der Waals surface area contributed by atoms with Crippen molar-refractivity contribution in [1.82, 2.24) is 25.5 Å². The van der Waals surface area contributed by atoms with Gasteiger partial charge in [-0.3, -0.25) is 9.59 Å². The van der Waals surface area contributed by atoms with Crippen LogP contribution in [0, 0.1) is 0 Å². The number of aromatic nitrogens is 4. The maximum atomic E-state index is 12.5. The third kappa shape index (κ3) is 7.19. The molecule has 1 atom stereocenters. The second kappa shape index (κ2) is 11.9. The van der Waals surface area contributed by atoms with Crippen molar-refractivity contribution >= 4 is 58.4 Å². The predicted octanol–water partition coefficient (Wildman–Crippen LogP) is 3.17. The first-order valence-electron chi connectivity index (χ1n) is 10.9. The smallest absolute Gasteiger partial charge is 0.328 e. The molecule has 4 N–H and O–H groups in total. The number of carbonyl (C=O) groups excluding carboxylic acids is 2. The SMILES string of the molecule is CC(C)(C)c1ccc(-n2nnnc2SCC(=O)Nc2ccc(C(=O)NC(CO)C(=O)O)cc2Cl)c(Cl)c1. The number of hydrogen-bond acceptors (Lipinski definition) is 8. The molecule has 0 aliphatic heterocycles. The number of thioether (sulfide) groups is 1. The average molecular weight is 567 g/mol. The summed E-state index contributed by atoms with van der Waals surface area (Å²) in [6.45, 7) is 5.47. The Bertz CT molecular complexity index is 1330. The highest BCUT2D eigenvalue weighted by Gasteiger charge is 2.21. The van der Waals surface area contributed by atoms with E-state index < -0.39 is 30.4 Å². The Morgan fingerprint density at radius 3 is 2.43 bits per heavy atom. The number of carboxylic acid groups (broad SMARTS) is 1. The van der Waals surface area contributed by atoms with Crippen LogP contribution in [0.4, 0.5) is 5.69 Å². The highest BCUT2D eigenvalue weighted by molar-refractivity contribution is 7.99. The number of rotatable bonds is 9. The molecule has 0 spiro atoms. The molecule has 1 heterocycles. The molecule has 2 amide bonds. The standard InChI is InChI=1S/C23H24Cl2N6O5S/c1-23(2,3)13-5-7-18(15(25)9-13)31-22(28-29-30-31)37-11-19(33)26-16-6-4-12(8-14(16)24)20(34)27-17(10-32)21(35)36/h4-9,17,32H,10-11H2,1-3H3,(H,26,33)(H,27,34)(H,35,36). The Morgan fingerprint density at radius 2 is 1.84 bits per heavy atom. The number of benzene rings is 2. The number of carbonyl (C=O) groups is 3. The van der Waals surface area contributed by atoms with E-state index in [1.165, 1.54) is 22.9 Å². The Hall–Kier alpha value is -3.19. The Kier molecular flexibility index (Phi) is 9.13. The Labute approximate surface area is 226 Å². The minimum absolute atomic E-state index is 0.0482. The zero-order chi connectivity index (χ0) is 27.3. The van der Waals surface area contributed by atoms with Crippen LogP contribution in [0.25, 0.3) is 5.69 Å². The van der Waals surface area contributed by atoms with Gasteiger partial charge in [-0.05, 0) is 51.7 Å². The van der Waals surface area contributed by atoms with Crippen LogP contribution in [0.5, 0.6) is 0 Å². The average Bonchev–Trinajstić information content (AvgIpc) is 3.29. The van der Waals surface area contributed by atoms with Gasteiger partial charge >= 0.3 is 5.97 Å². The number of amides is 2. The fraction of sp³-hybridized carbons (Fsp3) is 0.304. The molecule has 1 aromatic heterocycles. The van der Waals surface area contributed by atoms with E-state index in [0.717, 1.165) is 17.3 Å². The Morgan fingerprint density at radius 1 is 1.11 bits per heavy atom. The molecule has 11 nitrogen and oxygen atoms in total. The number of anilines is 1. The van der Waals surface area contributed by atoms with Crippen LogP contribution in [0.1, 0.15) is 36.7 Å². The third-order valence-electron chi connectivity index (χ3n) is 5.11. The summed E-state index contributed by atoms with van der Waals surface area (Å²) in [5, 5.41) is 35.4. The summed E-state index contributed by atoms with van der Waals surface area (Å²) in [7, 11) is 0. The van der Waals surface area contributed by atoms with E-state index in [4.69, 9.17) is 33.4 Å². The van der Waals surface area contributed by atoms with E-state index in [2.05, 4.69) is 46.9 Å². The lowest BCUT2D eigenvalue weighted by molar-refractivity contribution is -0.140. The summed E-state index contributed by atoms with van der Waals surface area (Å²) in [5.41, 5.74) is 1.86. The number of aliphatic carboxylic acids is 1. The van der Waals surface area contributed by atoms with Crippen molar-refractivity contribution in [2.45, 2.75) is 37.4 Å². The van der Waals surface area contributed by atoms with Gasteiger partial charge in [0, 0.05) is 5.56 Å². The number of tetrazole rings is 1. The molecule has 0 aliphatic rings. The number of aliphatic hydroxyl groups is 1. The van der Waals surface area contributed by atoms with Crippen LogP contribution in [0.2, 0.25) is 10.0 Å². The van der Waals surface area contributed by atoms with Crippen molar-refractivity contribution in [3.05, 3.63) is 57.6 Å². The molecular formula is C23H24Cl2N6O5S. The molecule has 0 radical (unpaired) electrons. The highest BCUT2D eigenvalue weighted by atomic mass is 35.5. The van der Waals surface area contributed by atoms with Crippen LogP contribution in [0.3, 0.4) is 0 Å². The van der Waals surface area contributed by atoms with Crippen molar-refractivity contribution in [3.63, 3.8) is 0 Å². The molecular weight excluding hydrogens is 543 g/mol. The van der Waals surface area contributed by atoms with Gasteiger partial charge in [0.1, 0.15) is 0 Å². The van der Waals surface area contributed by atoms with Crippen LogP contribution in [-0.2, 0) is 15.0 Å². The molecule has 0 saturated carbocycles. The molecule has 2 aromatic carbocycles. The molecule has 1 unspecified atom stereocenters. The van der Waals surface area contributed by atoms with Crippen LogP contribution in [0.15, 0.2) is 41.6 Å². The number of aliphatic hydroxyl groups excluding tert-OH is 1. The monoisotopic (exact) mass is 566 g/mol. The van der Waals surface area contributed by atoms with Gasteiger partial charge in [-0.15, -0.1) is 5.10 Å². The summed E-state index contributed by atoms with van der Waals surface area (Å²) < 4.78 is 1.45. The van der Waals surface area contributed by atoms with E-state index in [-0.39, 0.29) is 27.4 Å². The molecule has 3 aromatic rings. The minimum atomic E-state index is -1.45. The zero-order valence-electron chi connectivity index (χ0n) is 20.0. The van der Waals surface area contributed by atoms with Gasteiger partial charge in [-0.2, -0.15) is 4.68 Å². The Balaban J connectivity index is 1.64. The van der Waals surface area contributed by atoms with Crippen molar-refractivity contribution in [2.24, 2.45) is 0 Å². The number of halogens is 2. The lowest BCUT2D eigenvalue weighted by Crippen LogP contribution is -2.43. The summed E-state index contributed by atoms with van der Waals surface area (Å²) in [6.07, 6.45) is 0. The minimum Gasteiger partial charge on any atom is -0.480 e. The van der Waals surface area contributed by atoms with Gasteiger partial charge in [0.05, 0.1) is 33.8 Å². The largest absolute Gasteiger partial charge is 0.480 e. The molecule has 196 valence electrons. The quantitative estimate of drug-likeness (QED) is 0.285. The van der Waals surface area contributed by atoms with E-state index in [1.807, 2.05) is 18.2 Å². The van der Waals surface area contributed by atoms with E-state index in [0.29, 0.717) is 15.9 Å². The normalized spacial score (nSPS) is 12.2. The first-order valence-corrected chi connectivity index (χ1v) is 12.6. The van der Waals surface area contributed by atoms with Crippen LogP contribution < -0.4 is 10.6 Å². The van der Waals surface area contributed by atoms with Crippen molar-refractivity contribution < 1.29 is 24.6 Å². The van der Waals surface area contributed by atoms with Gasteiger partial charge in [0.25, 0.3) is 5.91 Å². The molecule has 3 rings (SSSR count). The van der Waals surface area contributed by atoms with Gasteiger partial charge in [0.2, 0.25) is 11.1 Å². The summed E-state index contributed by atoms with van der Waals surface area (Å²) >= 11 is 13.8. The van der Waals surface area contributed by atoms with Crippen molar-refractivity contribution in [1.29, 1.82) is 0 Å². The van der Waals surface area contributed by atoms with Gasteiger partial charge in [-0.25, -0.2) is 4.79 Å². The number of carboxylic acids is 1. The summed E-state index contributed by atoms with van der Waals surface area (Å²) in [4.78, 5) is 35.7. The van der Waals surface area contributed by atoms with E-state index in [1.54, 1.807) is 0 Å². The lowest BCUT2D eigenvalue weighted by atomic mass is 9.87. The maximum Gasteiger partial charge on any atom is 0.328 e. The van der Waals surface area contributed by atoms with E-state index >= 15 is 0 Å². The van der Waals surface area contributed by atoms with Crippen molar-refractivity contribution in [2.75, 3.05) is 17.7 Å². The molecule has 0 fully saturated rings. The predicted molar refractivity (Wildman–Crippen MR) is 140 cm³/mol. The molecule has 37 heavy (non-hydrogen) atoms. The number of hydrogen-bond donors (Lipinski definition) is 4. The maximum absolute atomic E-state index is 12.5.